The summed E-state index contributed by atoms with van der Waals surface area (Å²) >= 11 is 0. The Bertz CT molecular complexity index is 2860. The van der Waals surface area contributed by atoms with E-state index in [-0.39, 0.29) is 11.0 Å². The molecule has 2 aliphatic rings. The highest BCUT2D eigenvalue weighted by molar-refractivity contribution is 6.09. The Balaban J connectivity index is 0.958. The molecule has 2 unspecified atom stereocenters. The van der Waals surface area contributed by atoms with Crippen molar-refractivity contribution >= 4 is 33.2 Å². The quantitative estimate of drug-likeness (QED) is 0.170. The minimum atomic E-state index is -0.0698. The van der Waals surface area contributed by atoms with Gasteiger partial charge >= 0.3 is 0 Å². The van der Waals surface area contributed by atoms with Gasteiger partial charge in [-0.2, -0.15) is 0 Å². The van der Waals surface area contributed by atoms with Crippen LogP contribution < -0.4 is 4.90 Å². The summed E-state index contributed by atoms with van der Waals surface area (Å²) in [7, 11) is 0. The molecule has 4 heteroatoms. The van der Waals surface area contributed by atoms with Gasteiger partial charge in [0.25, 0.3) is 0 Å². The minimum absolute atomic E-state index is 0.0306. The number of hydrogen-bond donors (Lipinski definition) is 0. The summed E-state index contributed by atoms with van der Waals surface area (Å²) < 4.78 is 2.38. The van der Waals surface area contributed by atoms with Gasteiger partial charge in [0, 0.05) is 49.9 Å². The van der Waals surface area contributed by atoms with Gasteiger partial charge in [-0.25, -0.2) is 9.97 Å². The number of rotatable bonds is 6. The third kappa shape index (κ3) is 5.35. The lowest BCUT2D eigenvalue weighted by molar-refractivity contribution is 0.195. The molecule has 0 saturated heterocycles. The average Bonchev–Trinajstić information content (AvgIpc) is 3.73. The fraction of sp³-hybridized carbons (Fsp3) is 0.148. The second-order valence-corrected chi connectivity index (χ2v) is 16.5. The lowest BCUT2D eigenvalue weighted by Gasteiger charge is -2.50. The van der Waals surface area contributed by atoms with Gasteiger partial charge in [-0.3, -0.25) is 0 Å². The van der Waals surface area contributed by atoms with Crippen molar-refractivity contribution in [3.05, 3.63) is 188 Å². The highest BCUT2D eigenvalue weighted by Gasteiger charge is 2.57. The molecule has 58 heavy (non-hydrogen) atoms. The van der Waals surface area contributed by atoms with Gasteiger partial charge in [-0.1, -0.05) is 141 Å². The molecule has 2 aromatic heterocycles. The number of fused-ring (bicyclic) bond motifs is 6. The van der Waals surface area contributed by atoms with E-state index in [1.807, 2.05) is 0 Å². The largest absolute Gasteiger partial charge is 0.334 e. The molecule has 0 amide bonds. The maximum absolute atomic E-state index is 5.21. The molecule has 280 valence electrons. The molecule has 2 atom stereocenters. The van der Waals surface area contributed by atoms with Gasteiger partial charge in [0.1, 0.15) is 0 Å². The number of aromatic nitrogens is 3. The van der Waals surface area contributed by atoms with Crippen molar-refractivity contribution in [3.8, 4) is 50.7 Å². The number of hydrogen-bond acceptors (Lipinski definition) is 3. The van der Waals surface area contributed by atoms with E-state index in [1.54, 1.807) is 0 Å². The third-order valence-electron chi connectivity index (χ3n) is 13.4. The highest BCUT2D eigenvalue weighted by atomic mass is 15.3. The normalized spacial score (nSPS) is 18.7. The van der Waals surface area contributed by atoms with Crippen LogP contribution in [0.3, 0.4) is 0 Å². The lowest BCUT2D eigenvalue weighted by Crippen LogP contribution is -2.54. The van der Waals surface area contributed by atoms with Crippen LogP contribution in [0.25, 0.3) is 72.5 Å². The first-order valence-electron chi connectivity index (χ1n) is 20.6. The molecule has 4 nitrogen and oxygen atoms in total. The standard InChI is InChI=1S/C54H44N4/c1-53-33-13-14-34-54(53,2)58(51-32-27-41(35-46(51)53)52-55-47(39-15-5-3-6-16-39)36-48(56-52)40-17-7-4-8-18-40)43-30-25-38(26-31-43)37-23-28-42(29-24-37)57-49-21-11-9-19-44(49)45-20-10-12-22-50(45)57/h3-12,15-32,35-36H,13-14,33-34H2,1-2H3. The Morgan fingerprint density at radius 3 is 1.53 bits per heavy atom. The van der Waals surface area contributed by atoms with Gasteiger partial charge in [0.15, 0.2) is 5.82 Å². The molecule has 1 saturated carbocycles. The SMILES string of the molecule is CC12CCCCC1(C)N(c1ccc(-c3ccc(-n4c5ccccc5c5ccccc54)cc3)cc1)c1ccc(-c3nc(-c4ccccc4)cc(-c4ccccc4)n3)cc12. The van der Waals surface area contributed by atoms with E-state index in [0.29, 0.717) is 0 Å². The van der Waals surface area contributed by atoms with Crippen molar-refractivity contribution in [2.45, 2.75) is 50.5 Å². The highest BCUT2D eigenvalue weighted by Crippen LogP contribution is 2.61. The van der Waals surface area contributed by atoms with Crippen LogP contribution in [0.1, 0.15) is 45.1 Å². The summed E-state index contributed by atoms with van der Waals surface area (Å²) in [5.74, 6) is 0.760. The summed E-state index contributed by atoms with van der Waals surface area (Å²) in [4.78, 5) is 13.1. The van der Waals surface area contributed by atoms with Crippen LogP contribution in [0.4, 0.5) is 11.4 Å². The first kappa shape index (κ1) is 34.5. The molecular formula is C54H44N4. The zero-order valence-electron chi connectivity index (χ0n) is 32.9. The zero-order valence-corrected chi connectivity index (χ0v) is 32.9. The fourth-order valence-electron chi connectivity index (χ4n) is 10.2. The molecule has 1 aliphatic heterocycles. The van der Waals surface area contributed by atoms with Crippen molar-refractivity contribution < 1.29 is 0 Å². The van der Waals surface area contributed by atoms with Crippen LogP contribution in [-0.4, -0.2) is 20.1 Å². The summed E-state index contributed by atoms with van der Waals surface area (Å²) in [6.45, 7) is 4.99. The molecule has 3 heterocycles. The molecule has 0 bridgehead atoms. The molecule has 0 spiro atoms. The van der Waals surface area contributed by atoms with Crippen molar-refractivity contribution in [2.75, 3.05) is 4.90 Å². The van der Waals surface area contributed by atoms with E-state index in [9.17, 15) is 0 Å². The maximum atomic E-state index is 5.21. The van der Waals surface area contributed by atoms with Crippen LogP contribution in [0, 0.1) is 0 Å². The molecule has 11 rings (SSSR count). The van der Waals surface area contributed by atoms with Crippen molar-refractivity contribution in [2.24, 2.45) is 0 Å². The van der Waals surface area contributed by atoms with E-state index in [4.69, 9.17) is 9.97 Å². The predicted molar refractivity (Wildman–Crippen MR) is 241 cm³/mol. The van der Waals surface area contributed by atoms with Crippen LogP contribution in [0.2, 0.25) is 0 Å². The Kier molecular flexibility index (Phi) is 7.97. The van der Waals surface area contributed by atoms with E-state index in [1.165, 1.54) is 68.4 Å². The number of benzene rings is 7. The predicted octanol–water partition coefficient (Wildman–Crippen LogP) is 14.0. The van der Waals surface area contributed by atoms with Crippen LogP contribution in [0.15, 0.2) is 182 Å². The average molecular weight is 749 g/mol. The Hall–Kier alpha value is -6.78. The lowest BCUT2D eigenvalue weighted by atomic mass is 9.61. The van der Waals surface area contributed by atoms with Crippen LogP contribution in [-0.2, 0) is 5.41 Å². The topological polar surface area (TPSA) is 34.0 Å². The minimum Gasteiger partial charge on any atom is -0.334 e. The van der Waals surface area contributed by atoms with Crippen LogP contribution >= 0.6 is 0 Å². The fourth-order valence-corrected chi connectivity index (χ4v) is 10.2. The number of para-hydroxylation sites is 2. The summed E-state index contributed by atoms with van der Waals surface area (Å²) in [6, 6.07) is 65.7. The van der Waals surface area contributed by atoms with Crippen molar-refractivity contribution in [3.63, 3.8) is 0 Å². The maximum Gasteiger partial charge on any atom is 0.160 e. The molecule has 0 radical (unpaired) electrons. The Morgan fingerprint density at radius 1 is 0.448 bits per heavy atom. The van der Waals surface area contributed by atoms with Crippen molar-refractivity contribution in [1.82, 2.24) is 14.5 Å². The van der Waals surface area contributed by atoms with Gasteiger partial charge in [0.05, 0.1) is 28.0 Å². The molecule has 7 aromatic carbocycles. The first-order chi connectivity index (χ1) is 28.5. The van der Waals surface area contributed by atoms with E-state index in [0.717, 1.165) is 46.7 Å². The zero-order chi connectivity index (χ0) is 38.8. The summed E-state index contributed by atoms with van der Waals surface area (Å²) in [5, 5.41) is 2.56. The van der Waals surface area contributed by atoms with Crippen molar-refractivity contribution in [1.29, 1.82) is 0 Å². The summed E-state index contributed by atoms with van der Waals surface area (Å²) in [6.07, 6.45) is 4.73. The summed E-state index contributed by atoms with van der Waals surface area (Å²) in [5.41, 5.74) is 15.0. The monoisotopic (exact) mass is 748 g/mol. The smallest absolute Gasteiger partial charge is 0.160 e. The third-order valence-corrected chi connectivity index (χ3v) is 13.4. The van der Waals surface area contributed by atoms with Gasteiger partial charge in [-0.15, -0.1) is 0 Å². The number of anilines is 2. The first-order valence-corrected chi connectivity index (χ1v) is 20.6. The van der Waals surface area contributed by atoms with Gasteiger partial charge < -0.3 is 9.47 Å². The molecule has 0 N–H and O–H groups in total. The van der Waals surface area contributed by atoms with Crippen LogP contribution in [0.5, 0.6) is 0 Å². The molecule has 1 aliphatic carbocycles. The second-order valence-electron chi connectivity index (χ2n) is 16.5. The van der Waals surface area contributed by atoms with Gasteiger partial charge in [0.2, 0.25) is 0 Å². The Labute approximate surface area is 340 Å². The molecule has 9 aromatic rings. The van der Waals surface area contributed by atoms with E-state index >= 15 is 0 Å². The number of nitrogens with zero attached hydrogens (tertiary/aromatic N) is 4. The van der Waals surface area contributed by atoms with Gasteiger partial charge in [-0.05, 0) is 97.1 Å². The second kappa shape index (κ2) is 13.4. The Morgan fingerprint density at radius 2 is 0.948 bits per heavy atom. The van der Waals surface area contributed by atoms with E-state index in [2.05, 4.69) is 205 Å². The molecular weight excluding hydrogens is 705 g/mol. The molecule has 1 fully saturated rings. The van der Waals surface area contributed by atoms with E-state index < -0.39 is 0 Å².